The highest BCUT2D eigenvalue weighted by molar-refractivity contribution is 9.10. The van der Waals surface area contributed by atoms with Gasteiger partial charge in [0.25, 0.3) is 0 Å². The minimum absolute atomic E-state index is 0.447. The fourth-order valence-electron chi connectivity index (χ4n) is 2.00. The Morgan fingerprint density at radius 1 is 1.47 bits per heavy atom. The lowest BCUT2D eigenvalue weighted by Gasteiger charge is -2.21. The third kappa shape index (κ3) is 3.79. The van der Waals surface area contributed by atoms with Crippen molar-refractivity contribution in [3.05, 3.63) is 15.9 Å². The molecular weight excluding hydrogens is 280 g/mol. The van der Waals surface area contributed by atoms with Crippen LogP contribution >= 0.6 is 15.9 Å². The van der Waals surface area contributed by atoms with Crippen LogP contribution in [0, 0.1) is 6.92 Å². The molecule has 1 rings (SSSR count). The second-order valence-electron chi connectivity index (χ2n) is 4.61. The Bertz CT molecular complexity index is 360. The molecule has 5 heteroatoms. The summed E-state index contributed by atoms with van der Waals surface area (Å²) >= 11 is 3.64. The van der Waals surface area contributed by atoms with Crippen molar-refractivity contribution in [2.45, 2.75) is 32.9 Å². The van der Waals surface area contributed by atoms with Gasteiger partial charge in [-0.05, 0) is 50.9 Å². The number of likely N-dealkylation sites (N-methyl/N-ethyl adjacent to an activating group) is 2. The number of hydrogen-bond donors (Lipinski definition) is 1. The van der Waals surface area contributed by atoms with Gasteiger partial charge in [0, 0.05) is 25.6 Å². The third-order valence-corrected chi connectivity index (χ3v) is 3.92. The average molecular weight is 303 g/mol. The van der Waals surface area contributed by atoms with Crippen molar-refractivity contribution < 1.29 is 0 Å². The Balaban J connectivity index is 2.84. The van der Waals surface area contributed by atoms with Gasteiger partial charge in [0.1, 0.15) is 0 Å². The summed E-state index contributed by atoms with van der Waals surface area (Å²) in [6.45, 7) is 6.11. The molecule has 0 saturated heterocycles. The quantitative estimate of drug-likeness (QED) is 0.868. The molecule has 0 aliphatic rings. The fourth-order valence-corrected chi connectivity index (χ4v) is 2.44. The van der Waals surface area contributed by atoms with Gasteiger partial charge in [-0.25, -0.2) is 0 Å². The predicted molar refractivity (Wildman–Crippen MR) is 75.4 cm³/mol. The first-order chi connectivity index (χ1) is 7.99. The lowest BCUT2D eigenvalue weighted by molar-refractivity contribution is 0.342. The van der Waals surface area contributed by atoms with Crippen LogP contribution in [0.15, 0.2) is 4.47 Å². The van der Waals surface area contributed by atoms with Gasteiger partial charge in [0.15, 0.2) is 0 Å². The summed E-state index contributed by atoms with van der Waals surface area (Å²) in [6, 6.07) is 0.447. The largest absolute Gasteiger partial charge is 0.315 e. The second-order valence-corrected chi connectivity index (χ2v) is 5.41. The topological polar surface area (TPSA) is 33.1 Å². The maximum absolute atomic E-state index is 4.52. The zero-order valence-corrected chi connectivity index (χ0v) is 13.0. The monoisotopic (exact) mass is 302 g/mol. The summed E-state index contributed by atoms with van der Waals surface area (Å²) < 4.78 is 3.23. The van der Waals surface area contributed by atoms with Gasteiger partial charge in [-0.3, -0.25) is 4.68 Å². The van der Waals surface area contributed by atoms with Crippen molar-refractivity contribution in [2.75, 3.05) is 27.7 Å². The minimum Gasteiger partial charge on any atom is -0.315 e. The molecule has 0 saturated carbocycles. The van der Waals surface area contributed by atoms with Crippen molar-refractivity contribution in [3.63, 3.8) is 0 Å². The summed E-state index contributed by atoms with van der Waals surface area (Å²) in [4.78, 5) is 2.20. The Labute approximate surface area is 113 Å². The first kappa shape index (κ1) is 14.7. The number of nitrogens with zero attached hydrogens (tertiary/aromatic N) is 3. The van der Waals surface area contributed by atoms with Crippen LogP contribution in [-0.2, 0) is 13.0 Å². The van der Waals surface area contributed by atoms with Crippen LogP contribution in [0.2, 0.25) is 0 Å². The molecule has 98 valence electrons. The lowest BCUT2D eigenvalue weighted by Crippen LogP contribution is -2.38. The molecule has 0 radical (unpaired) electrons. The van der Waals surface area contributed by atoms with Crippen LogP contribution in [-0.4, -0.2) is 48.4 Å². The molecule has 0 fully saturated rings. The van der Waals surface area contributed by atoms with E-state index in [1.165, 1.54) is 5.69 Å². The Kier molecular flexibility index (Phi) is 5.62. The van der Waals surface area contributed by atoms with E-state index in [2.05, 4.69) is 56.9 Å². The third-order valence-electron chi connectivity index (χ3n) is 2.89. The van der Waals surface area contributed by atoms with E-state index in [0.29, 0.717) is 6.04 Å². The lowest BCUT2D eigenvalue weighted by atomic mass is 10.1. The van der Waals surface area contributed by atoms with Crippen LogP contribution in [0.1, 0.15) is 18.3 Å². The minimum atomic E-state index is 0.447. The molecule has 0 aliphatic heterocycles. The van der Waals surface area contributed by atoms with Crippen molar-refractivity contribution in [1.29, 1.82) is 0 Å². The van der Waals surface area contributed by atoms with Crippen LogP contribution < -0.4 is 5.32 Å². The summed E-state index contributed by atoms with van der Waals surface area (Å²) in [5.74, 6) is 0. The Hall–Kier alpha value is -0.390. The van der Waals surface area contributed by atoms with E-state index >= 15 is 0 Å². The van der Waals surface area contributed by atoms with E-state index in [0.717, 1.165) is 29.7 Å². The van der Waals surface area contributed by atoms with Crippen molar-refractivity contribution in [1.82, 2.24) is 20.0 Å². The SMILES string of the molecule is CCn1nc(C)c(Br)c1CC(CN(C)C)NC. The molecule has 0 amide bonds. The molecule has 1 aromatic heterocycles. The summed E-state index contributed by atoms with van der Waals surface area (Å²) in [6.07, 6.45) is 0.990. The Morgan fingerprint density at radius 3 is 2.59 bits per heavy atom. The molecule has 1 atom stereocenters. The standard InChI is InChI=1S/C12H23BrN4/c1-6-17-11(12(13)9(2)15-17)7-10(14-3)8-16(4)5/h10,14H,6-8H2,1-5H3. The highest BCUT2D eigenvalue weighted by atomic mass is 79.9. The van der Waals surface area contributed by atoms with E-state index in [4.69, 9.17) is 0 Å². The van der Waals surface area contributed by atoms with E-state index in [1.807, 2.05) is 14.0 Å². The molecule has 17 heavy (non-hydrogen) atoms. The molecule has 0 aromatic carbocycles. The van der Waals surface area contributed by atoms with Crippen molar-refractivity contribution >= 4 is 15.9 Å². The van der Waals surface area contributed by atoms with Gasteiger partial charge < -0.3 is 10.2 Å². The van der Waals surface area contributed by atoms with Gasteiger partial charge in [-0.2, -0.15) is 5.10 Å². The summed E-state index contributed by atoms with van der Waals surface area (Å²) in [5.41, 5.74) is 2.35. The number of rotatable bonds is 6. The van der Waals surface area contributed by atoms with Crippen LogP contribution in [0.5, 0.6) is 0 Å². The zero-order valence-electron chi connectivity index (χ0n) is 11.4. The maximum atomic E-state index is 4.52. The highest BCUT2D eigenvalue weighted by Crippen LogP contribution is 2.22. The number of aromatic nitrogens is 2. The number of aryl methyl sites for hydroxylation is 2. The van der Waals surface area contributed by atoms with E-state index in [-0.39, 0.29) is 0 Å². The molecule has 4 nitrogen and oxygen atoms in total. The smallest absolute Gasteiger partial charge is 0.0738 e. The van der Waals surface area contributed by atoms with Gasteiger partial charge in [0.05, 0.1) is 15.9 Å². The Morgan fingerprint density at radius 2 is 2.12 bits per heavy atom. The average Bonchev–Trinajstić information content (AvgIpc) is 2.55. The molecule has 1 heterocycles. The van der Waals surface area contributed by atoms with Crippen molar-refractivity contribution in [2.24, 2.45) is 0 Å². The first-order valence-corrected chi connectivity index (χ1v) is 6.82. The predicted octanol–water partition coefficient (Wildman–Crippen LogP) is 1.67. The van der Waals surface area contributed by atoms with Gasteiger partial charge in [-0.15, -0.1) is 0 Å². The molecule has 1 unspecified atom stereocenters. The highest BCUT2D eigenvalue weighted by Gasteiger charge is 2.16. The zero-order chi connectivity index (χ0) is 13.0. The van der Waals surface area contributed by atoms with E-state index in [1.54, 1.807) is 0 Å². The number of hydrogen-bond acceptors (Lipinski definition) is 3. The normalized spacial score (nSPS) is 13.4. The summed E-state index contributed by atoms with van der Waals surface area (Å²) in [5, 5.41) is 7.89. The van der Waals surface area contributed by atoms with Crippen LogP contribution in [0.3, 0.4) is 0 Å². The van der Waals surface area contributed by atoms with Gasteiger partial charge >= 0.3 is 0 Å². The molecule has 1 aromatic rings. The van der Waals surface area contributed by atoms with Gasteiger partial charge in [-0.1, -0.05) is 0 Å². The maximum Gasteiger partial charge on any atom is 0.0738 e. The van der Waals surface area contributed by atoms with Crippen molar-refractivity contribution in [3.8, 4) is 0 Å². The van der Waals surface area contributed by atoms with Crippen LogP contribution in [0.4, 0.5) is 0 Å². The summed E-state index contributed by atoms with van der Waals surface area (Å²) in [7, 11) is 6.21. The van der Waals surface area contributed by atoms with E-state index in [9.17, 15) is 0 Å². The number of nitrogens with one attached hydrogen (secondary N) is 1. The molecule has 0 aliphatic carbocycles. The molecule has 0 bridgehead atoms. The molecular formula is C12H23BrN4. The molecule has 0 spiro atoms. The molecule has 1 N–H and O–H groups in total. The number of halogens is 1. The first-order valence-electron chi connectivity index (χ1n) is 6.03. The van der Waals surface area contributed by atoms with Crippen LogP contribution in [0.25, 0.3) is 0 Å². The second kappa shape index (κ2) is 6.52. The van der Waals surface area contributed by atoms with E-state index < -0.39 is 0 Å². The van der Waals surface area contributed by atoms with Gasteiger partial charge in [0.2, 0.25) is 0 Å². The fraction of sp³-hybridized carbons (Fsp3) is 0.750.